The van der Waals surface area contributed by atoms with E-state index in [1.165, 1.54) is 0 Å². The molecule has 0 radical (unpaired) electrons. The van der Waals surface area contributed by atoms with Crippen LogP contribution in [0.3, 0.4) is 0 Å². The van der Waals surface area contributed by atoms with Crippen LogP contribution in [0.5, 0.6) is 0 Å². The number of benzene rings is 1. The Balaban J connectivity index is 2.01. The van der Waals surface area contributed by atoms with Crippen molar-refractivity contribution in [3.8, 4) is 0 Å². The van der Waals surface area contributed by atoms with Gasteiger partial charge in [-0.05, 0) is 43.0 Å². The van der Waals surface area contributed by atoms with E-state index in [0.29, 0.717) is 17.7 Å². The van der Waals surface area contributed by atoms with Crippen molar-refractivity contribution in [3.63, 3.8) is 0 Å². The Hall–Kier alpha value is -1.34. The van der Waals surface area contributed by atoms with Crippen molar-refractivity contribution in [1.29, 1.82) is 0 Å². The molecule has 0 atom stereocenters. The van der Waals surface area contributed by atoms with E-state index in [1.807, 2.05) is 4.90 Å². The molecule has 0 amide bonds. The molecule has 3 rings (SSSR count). The van der Waals surface area contributed by atoms with Crippen LogP contribution < -0.4 is 4.90 Å². The van der Waals surface area contributed by atoms with Gasteiger partial charge in [0.25, 0.3) is 0 Å². The van der Waals surface area contributed by atoms with Crippen LogP contribution in [0.4, 0.5) is 5.88 Å². The Morgan fingerprint density at radius 1 is 1.22 bits per heavy atom. The van der Waals surface area contributed by atoms with Crippen LogP contribution in [-0.2, 0) is 9.84 Å². The van der Waals surface area contributed by atoms with Gasteiger partial charge in [0.15, 0.2) is 5.89 Å². The third-order valence-electron chi connectivity index (χ3n) is 4.14. The van der Waals surface area contributed by atoms with Crippen LogP contribution >= 0.6 is 15.9 Å². The summed E-state index contributed by atoms with van der Waals surface area (Å²) in [4.78, 5) is 6.38. The molecule has 2 heterocycles. The molecule has 1 aliphatic rings. The lowest BCUT2D eigenvalue weighted by Crippen LogP contribution is -2.33. The lowest BCUT2D eigenvalue weighted by atomic mass is 9.99. The fourth-order valence-electron chi connectivity index (χ4n) is 2.71. The first-order valence-corrected chi connectivity index (χ1v) is 9.88. The largest absolute Gasteiger partial charge is 0.424 e. The van der Waals surface area contributed by atoms with Crippen molar-refractivity contribution in [2.75, 3.05) is 18.0 Å². The van der Waals surface area contributed by atoms with E-state index >= 15 is 0 Å². The maximum atomic E-state index is 12.9. The van der Waals surface area contributed by atoms with Gasteiger partial charge in [-0.2, -0.15) is 4.98 Å². The average molecular weight is 399 g/mol. The molecule has 0 spiro atoms. The van der Waals surface area contributed by atoms with Crippen molar-refractivity contribution < 1.29 is 12.8 Å². The summed E-state index contributed by atoms with van der Waals surface area (Å²) in [5, 5.41) is 0.0203. The van der Waals surface area contributed by atoms with Crippen molar-refractivity contribution in [2.24, 2.45) is 5.92 Å². The zero-order valence-corrected chi connectivity index (χ0v) is 15.5. The second-order valence-electron chi connectivity index (χ2n) is 5.97. The van der Waals surface area contributed by atoms with Crippen LogP contribution in [0.2, 0.25) is 0 Å². The smallest absolute Gasteiger partial charge is 0.236 e. The number of sulfone groups is 1. The van der Waals surface area contributed by atoms with E-state index in [9.17, 15) is 8.42 Å². The summed E-state index contributed by atoms with van der Waals surface area (Å²) in [6.07, 6.45) is 2.05. The van der Waals surface area contributed by atoms with Gasteiger partial charge in [-0.25, -0.2) is 8.42 Å². The quantitative estimate of drug-likeness (QED) is 0.786. The first-order chi connectivity index (χ1) is 10.9. The summed E-state index contributed by atoms with van der Waals surface area (Å²) in [6, 6.07) is 6.57. The second-order valence-corrected chi connectivity index (χ2v) is 8.75. The summed E-state index contributed by atoms with van der Waals surface area (Å²) < 4.78 is 32.3. The Morgan fingerprint density at radius 2 is 1.83 bits per heavy atom. The summed E-state index contributed by atoms with van der Waals surface area (Å²) >= 11 is 3.32. The normalized spacial score (nSPS) is 16.7. The molecule has 1 aromatic heterocycles. The molecule has 1 aliphatic heterocycles. The minimum absolute atomic E-state index is 0.0203. The van der Waals surface area contributed by atoms with Crippen LogP contribution in [0.25, 0.3) is 0 Å². The second kappa shape index (κ2) is 6.28. The Labute approximate surface area is 144 Å². The molecule has 0 bridgehead atoms. The number of halogens is 1. The van der Waals surface area contributed by atoms with Crippen LogP contribution in [0, 0.1) is 12.8 Å². The molecule has 7 heteroatoms. The molecule has 1 aromatic carbocycles. The molecule has 23 heavy (non-hydrogen) atoms. The molecule has 1 saturated heterocycles. The van der Waals surface area contributed by atoms with Gasteiger partial charge in [0.1, 0.15) is 0 Å². The van der Waals surface area contributed by atoms with Crippen LogP contribution in [0.15, 0.2) is 43.1 Å². The van der Waals surface area contributed by atoms with Crippen molar-refractivity contribution >= 4 is 31.7 Å². The third-order valence-corrected chi connectivity index (χ3v) is 6.33. The Kier molecular flexibility index (Phi) is 4.51. The fraction of sp³-hybridized carbons (Fsp3) is 0.438. The fourth-order valence-corrected chi connectivity index (χ4v) is 4.34. The Bertz CT molecular complexity index is 791. The number of piperidine rings is 1. The zero-order valence-electron chi connectivity index (χ0n) is 13.1. The van der Waals surface area contributed by atoms with E-state index in [1.54, 1.807) is 31.2 Å². The maximum absolute atomic E-state index is 12.9. The van der Waals surface area contributed by atoms with E-state index in [-0.39, 0.29) is 9.92 Å². The summed E-state index contributed by atoms with van der Waals surface area (Å²) in [7, 11) is -3.70. The highest BCUT2D eigenvalue weighted by atomic mass is 79.9. The lowest BCUT2D eigenvalue weighted by Gasteiger charge is -2.30. The van der Waals surface area contributed by atoms with E-state index < -0.39 is 9.84 Å². The summed E-state index contributed by atoms with van der Waals surface area (Å²) in [5.41, 5.74) is 0. The van der Waals surface area contributed by atoms with Crippen LogP contribution in [-0.4, -0.2) is 26.5 Å². The van der Waals surface area contributed by atoms with Gasteiger partial charge in [0, 0.05) is 24.5 Å². The number of anilines is 1. The van der Waals surface area contributed by atoms with Gasteiger partial charge in [-0.15, -0.1) is 0 Å². The number of rotatable bonds is 3. The third kappa shape index (κ3) is 3.30. The number of aryl methyl sites for hydroxylation is 1. The highest BCUT2D eigenvalue weighted by molar-refractivity contribution is 9.10. The van der Waals surface area contributed by atoms with E-state index in [0.717, 1.165) is 30.4 Å². The highest BCUT2D eigenvalue weighted by Gasteiger charge is 2.31. The van der Waals surface area contributed by atoms with Gasteiger partial charge < -0.3 is 9.32 Å². The molecule has 0 unspecified atom stereocenters. The molecular formula is C16H19BrN2O3S. The van der Waals surface area contributed by atoms with Gasteiger partial charge >= 0.3 is 0 Å². The predicted molar refractivity (Wildman–Crippen MR) is 91.4 cm³/mol. The number of oxazole rings is 1. The highest BCUT2D eigenvalue weighted by Crippen LogP contribution is 2.33. The minimum Gasteiger partial charge on any atom is -0.424 e. The molecule has 124 valence electrons. The van der Waals surface area contributed by atoms with Crippen LogP contribution in [0.1, 0.15) is 25.7 Å². The molecule has 1 fully saturated rings. The van der Waals surface area contributed by atoms with Crippen molar-refractivity contribution in [2.45, 2.75) is 36.6 Å². The maximum Gasteiger partial charge on any atom is 0.236 e. The Morgan fingerprint density at radius 3 is 2.43 bits per heavy atom. The topological polar surface area (TPSA) is 63.4 Å². The lowest BCUT2D eigenvalue weighted by molar-refractivity contribution is 0.410. The van der Waals surface area contributed by atoms with Gasteiger partial charge in [0.05, 0.1) is 4.90 Å². The monoisotopic (exact) mass is 398 g/mol. The molecular weight excluding hydrogens is 380 g/mol. The van der Waals surface area contributed by atoms with E-state index in [2.05, 4.69) is 27.8 Å². The first-order valence-electron chi connectivity index (χ1n) is 7.61. The number of hydrogen-bond donors (Lipinski definition) is 0. The molecule has 2 aromatic rings. The molecule has 0 N–H and O–H groups in total. The zero-order chi connectivity index (χ0) is 16.6. The molecule has 0 saturated carbocycles. The number of nitrogens with zero attached hydrogens (tertiary/aromatic N) is 2. The summed E-state index contributed by atoms with van der Waals surface area (Å²) in [5.74, 6) is 1.40. The number of hydrogen-bond acceptors (Lipinski definition) is 5. The van der Waals surface area contributed by atoms with Crippen molar-refractivity contribution in [1.82, 2.24) is 4.98 Å². The molecule has 5 nitrogen and oxygen atoms in total. The van der Waals surface area contributed by atoms with Gasteiger partial charge in [-0.3, -0.25) is 0 Å². The van der Waals surface area contributed by atoms with Gasteiger partial charge in [0.2, 0.25) is 20.7 Å². The SMILES string of the molecule is Cc1nc(S(=O)(=O)c2ccc(Br)cc2)c(N2CCC(C)CC2)o1. The number of aromatic nitrogens is 1. The standard InChI is InChI=1S/C16H19BrN2O3S/c1-11-7-9-19(10-8-11)16-15(18-12(2)22-16)23(20,21)14-5-3-13(17)4-6-14/h3-6,11H,7-10H2,1-2H3. The predicted octanol–water partition coefficient (Wildman–Crippen LogP) is 3.81. The van der Waals surface area contributed by atoms with E-state index in [4.69, 9.17) is 4.42 Å². The first kappa shape index (κ1) is 16.5. The molecule has 0 aliphatic carbocycles. The average Bonchev–Trinajstić information content (AvgIpc) is 2.91. The van der Waals surface area contributed by atoms with Gasteiger partial charge in [-0.1, -0.05) is 22.9 Å². The minimum atomic E-state index is -3.70. The summed E-state index contributed by atoms with van der Waals surface area (Å²) in [6.45, 7) is 5.47. The van der Waals surface area contributed by atoms with Crippen molar-refractivity contribution in [3.05, 3.63) is 34.6 Å².